The van der Waals surface area contributed by atoms with Crippen LogP contribution in [0.15, 0.2) is 61.3 Å². The molecule has 0 bridgehead atoms. The van der Waals surface area contributed by atoms with Crippen molar-refractivity contribution >= 4 is 23.2 Å². The van der Waals surface area contributed by atoms with Gasteiger partial charge in [0.25, 0.3) is 5.91 Å². The summed E-state index contributed by atoms with van der Waals surface area (Å²) in [6.45, 7) is 12.1. The molecule has 0 aliphatic carbocycles. The number of hydrogen-bond donors (Lipinski definition) is 1. The lowest BCUT2D eigenvalue weighted by Crippen LogP contribution is -2.46. The Morgan fingerprint density at radius 1 is 1.20 bits per heavy atom. The maximum Gasteiger partial charge on any atom is 0.264 e. The summed E-state index contributed by atoms with van der Waals surface area (Å²) < 4.78 is 14.3. The minimum absolute atomic E-state index is 0.0102. The summed E-state index contributed by atoms with van der Waals surface area (Å²) in [5.74, 6) is 0.485. The molecular weight excluding hydrogens is 558 g/mol. The summed E-state index contributed by atoms with van der Waals surface area (Å²) in [4.78, 5) is 30.5. The number of anilines is 2. The summed E-state index contributed by atoms with van der Waals surface area (Å²) in [7, 11) is 1.66. The molecule has 3 aromatic rings. The van der Waals surface area contributed by atoms with Crippen LogP contribution in [0.5, 0.6) is 5.75 Å². The first-order valence-electron chi connectivity index (χ1n) is 15.4. The zero-order valence-electron chi connectivity index (χ0n) is 25.9. The van der Waals surface area contributed by atoms with Gasteiger partial charge < -0.3 is 24.4 Å². The van der Waals surface area contributed by atoms with Crippen LogP contribution in [-0.2, 0) is 38.3 Å². The first-order chi connectivity index (χ1) is 21.1. The van der Waals surface area contributed by atoms with Crippen LogP contribution in [0.4, 0.5) is 11.4 Å². The molecule has 44 heavy (non-hydrogen) atoms. The van der Waals surface area contributed by atoms with Gasteiger partial charge in [0, 0.05) is 68.4 Å². The van der Waals surface area contributed by atoms with Gasteiger partial charge in [0.2, 0.25) is 5.91 Å². The van der Waals surface area contributed by atoms with E-state index < -0.39 is 5.60 Å². The van der Waals surface area contributed by atoms with Crippen molar-refractivity contribution in [3.05, 3.63) is 78.1 Å². The average Bonchev–Trinajstić information content (AvgIpc) is 3.66. The Balaban J connectivity index is 1.43. The number of benzene rings is 2. The highest BCUT2D eigenvalue weighted by Crippen LogP contribution is 2.60. The molecule has 6 rings (SSSR count). The number of aryl methyl sites for hydroxylation is 1. The molecule has 0 unspecified atom stereocenters. The first-order valence-corrected chi connectivity index (χ1v) is 15.4. The predicted octanol–water partition coefficient (Wildman–Crippen LogP) is 4.01. The van der Waals surface area contributed by atoms with Gasteiger partial charge in [0.05, 0.1) is 24.6 Å². The largest absolute Gasteiger partial charge is 0.497 e. The molecule has 0 saturated carbocycles. The lowest BCUT2D eigenvalue weighted by atomic mass is 9.63. The van der Waals surface area contributed by atoms with Crippen molar-refractivity contribution in [1.82, 2.24) is 15.0 Å². The fourth-order valence-corrected chi connectivity index (χ4v) is 7.57. The summed E-state index contributed by atoms with van der Waals surface area (Å²) in [5.41, 5.74) is 2.63. The molecule has 2 amide bonds. The second kappa shape index (κ2) is 11.5. The van der Waals surface area contributed by atoms with Gasteiger partial charge in [-0.2, -0.15) is 0 Å². The second-order valence-corrected chi connectivity index (χ2v) is 12.6. The Morgan fingerprint density at radius 2 is 1.98 bits per heavy atom. The number of hydrogen-bond acceptors (Lipinski definition) is 7. The number of ether oxygens (including phenoxy) is 2. The van der Waals surface area contributed by atoms with E-state index >= 15 is 0 Å². The Hall–Kier alpha value is -4.02. The van der Waals surface area contributed by atoms with Crippen molar-refractivity contribution in [3.8, 4) is 5.75 Å². The number of aliphatic hydroxyl groups excluding tert-OH is 1. The SMILES string of the molecule is C=CCN1C(=O)[C@]2(O[C@H](CCn3cc(CCO)nn3)[C@@H](C(C)(C)c3ccc(OC)cc3)[C@@H]2C)c2cc(N3CCC3=O)ccc21. The molecule has 232 valence electrons. The molecule has 2 saturated heterocycles. The molecule has 10 nitrogen and oxygen atoms in total. The zero-order chi connectivity index (χ0) is 31.2. The van der Waals surface area contributed by atoms with E-state index in [1.807, 2.05) is 36.5 Å². The summed E-state index contributed by atoms with van der Waals surface area (Å²) in [6.07, 6.45) is 4.86. The van der Waals surface area contributed by atoms with Crippen LogP contribution in [0.2, 0.25) is 0 Å². The lowest BCUT2D eigenvalue weighted by Gasteiger charge is -2.39. The molecule has 4 atom stereocenters. The van der Waals surface area contributed by atoms with E-state index in [0.717, 1.165) is 33.9 Å². The van der Waals surface area contributed by atoms with Crippen molar-refractivity contribution < 1.29 is 24.2 Å². The van der Waals surface area contributed by atoms with Crippen LogP contribution in [0.25, 0.3) is 0 Å². The van der Waals surface area contributed by atoms with Gasteiger partial charge in [-0.3, -0.25) is 14.3 Å². The number of rotatable bonds is 11. The lowest BCUT2D eigenvalue weighted by molar-refractivity contribution is -0.146. The third-order valence-electron chi connectivity index (χ3n) is 9.89. The molecule has 2 aromatic carbocycles. The van der Waals surface area contributed by atoms with Gasteiger partial charge in [-0.05, 0) is 47.7 Å². The van der Waals surface area contributed by atoms with Crippen molar-refractivity contribution in [2.24, 2.45) is 11.8 Å². The highest BCUT2D eigenvalue weighted by Gasteiger charge is 2.65. The normalized spacial score (nSPS) is 24.6. The molecule has 2 fully saturated rings. The van der Waals surface area contributed by atoms with Crippen molar-refractivity contribution in [3.63, 3.8) is 0 Å². The molecule has 4 heterocycles. The predicted molar refractivity (Wildman–Crippen MR) is 167 cm³/mol. The van der Waals surface area contributed by atoms with Crippen LogP contribution in [0.1, 0.15) is 50.4 Å². The Bertz CT molecular complexity index is 1570. The van der Waals surface area contributed by atoms with E-state index in [0.29, 0.717) is 38.9 Å². The number of fused-ring (bicyclic) bond motifs is 2. The minimum atomic E-state index is -1.23. The van der Waals surface area contributed by atoms with E-state index in [-0.39, 0.29) is 41.8 Å². The second-order valence-electron chi connectivity index (χ2n) is 12.6. The van der Waals surface area contributed by atoms with Crippen molar-refractivity contribution in [2.45, 2.75) is 63.7 Å². The van der Waals surface area contributed by atoms with Crippen LogP contribution in [0.3, 0.4) is 0 Å². The molecule has 10 heteroatoms. The smallest absolute Gasteiger partial charge is 0.264 e. The summed E-state index contributed by atoms with van der Waals surface area (Å²) >= 11 is 0. The number of amides is 2. The van der Waals surface area contributed by atoms with E-state index in [4.69, 9.17) is 9.47 Å². The van der Waals surface area contributed by atoms with Crippen molar-refractivity contribution in [1.29, 1.82) is 0 Å². The standard InChI is InChI=1S/C34H41N5O5/c1-6-16-39-28-12-9-25(38-18-14-30(38)41)20-27(28)34(32(39)42)22(2)31(33(3,4)23-7-10-26(43-5)11-8-23)29(44-34)13-17-37-21-24(15-19-40)35-36-37/h6-12,20-22,29,31,40H,1,13-19H2,2-5H3/t22-,29+,31-,34+/m0/s1. The summed E-state index contributed by atoms with van der Waals surface area (Å²) in [6, 6.07) is 14.0. The van der Waals surface area contributed by atoms with Gasteiger partial charge >= 0.3 is 0 Å². The molecule has 1 aromatic heterocycles. The minimum Gasteiger partial charge on any atom is -0.497 e. The highest BCUT2D eigenvalue weighted by atomic mass is 16.5. The third-order valence-corrected chi connectivity index (χ3v) is 9.89. The third kappa shape index (κ3) is 4.71. The molecular formula is C34H41N5O5. The molecule has 0 radical (unpaired) electrons. The van der Waals surface area contributed by atoms with Gasteiger partial charge in [-0.25, -0.2) is 0 Å². The van der Waals surface area contributed by atoms with Gasteiger partial charge in [0.15, 0.2) is 5.60 Å². The monoisotopic (exact) mass is 599 g/mol. The molecule has 3 aliphatic rings. The van der Waals surface area contributed by atoms with Gasteiger partial charge in [0.1, 0.15) is 5.75 Å². The van der Waals surface area contributed by atoms with Gasteiger partial charge in [-0.15, -0.1) is 11.7 Å². The Labute approximate surface area is 258 Å². The first kappa shape index (κ1) is 30.0. The van der Waals surface area contributed by atoms with E-state index in [1.165, 1.54) is 0 Å². The number of carbonyl (C=O) groups is 2. The fraction of sp³-hybridized carbons (Fsp3) is 0.471. The molecule has 3 aliphatic heterocycles. The maximum atomic E-state index is 14.6. The van der Waals surface area contributed by atoms with Crippen LogP contribution in [0, 0.1) is 11.8 Å². The molecule has 1 spiro atoms. The number of methoxy groups -OCH3 is 1. The zero-order valence-corrected chi connectivity index (χ0v) is 25.9. The van der Waals surface area contributed by atoms with Crippen LogP contribution < -0.4 is 14.5 Å². The number of aromatic nitrogens is 3. The van der Waals surface area contributed by atoms with Crippen molar-refractivity contribution in [2.75, 3.05) is 36.6 Å². The van der Waals surface area contributed by atoms with Gasteiger partial charge in [-0.1, -0.05) is 44.2 Å². The maximum absolute atomic E-state index is 14.6. The van der Waals surface area contributed by atoms with Crippen LogP contribution >= 0.6 is 0 Å². The molecule has 1 N–H and O–H groups in total. The average molecular weight is 600 g/mol. The number of aliphatic hydroxyl groups is 1. The summed E-state index contributed by atoms with van der Waals surface area (Å²) in [5, 5.41) is 17.8. The fourth-order valence-electron chi connectivity index (χ4n) is 7.57. The van der Waals surface area contributed by atoms with E-state index in [2.05, 4.69) is 49.8 Å². The Kier molecular flexibility index (Phi) is 7.83. The number of nitrogens with zero attached hydrogens (tertiary/aromatic N) is 5. The highest BCUT2D eigenvalue weighted by molar-refractivity contribution is 6.09. The van der Waals surface area contributed by atoms with Crippen LogP contribution in [-0.4, -0.2) is 64.8 Å². The topological polar surface area (TPSA) is 110 Å². The quantitative estimate of drug-likeness (QED) is 0.262. The Morgan fingerprint density at radius 3 is 2.61 bits per heavy atom. The number of carbonyl (C=O) groups excluding carboxylic acids is 2. The number of β-lactam (4-membered cyclic amide) rings is 1. The van der Waals surface area contributed by atoms with E-state index in [1.54, 1.807) is 27.7 Å². The van der Waals surface area contributed by atoms with E-state index in [9.17, 15) is 14.7 Å².